The van der Waals surface area contributed by atoms with Crippen molar-refractivity contribution in [2.75, 3.05) is 0 Å². The lowest BCUT2D eigenvalue weighted by molar-refractivity contribution is -0.150. The minimum Gasteiger partial charge on any atom is -0.462 e. The number of ether oxygens (including phenoxy) is 1. The Morgan fingerprint density at radius 3 is 1.00 bits per heavy atom. The maximum Gasteiger partial charge on any atom is 0.306 e. The number of carbonyl (C=O) groups excluding carboxylic acids is 1. The maximum atomic E-state index is 12.5. The molecule has 0 radical (unpaired) electrons. The monoisotopic (exact) mass is 523 g/mol. The van der Waals surface area contributed by atoms with Crippen LogP contribution < -0.4 is 0 Å². The minimum atomic E-state index is 0.0685. The first-order chi connectivity index (χ1) is 18.2. The summed E-state index contributed by atoms with van der Waals surface area (Å²) in [6, 6.07) is 0. The van der Waals surface area contributed by atoms with Gasteiger partial charge in [0, 0.05) is 6.42 Å². The van der Waals surface area contributed by atoms with Crippen LogP contribution in [0, 0.1) is 0 Å². The fourth-order valence-corrected chi connectivity index (χ4v) is 5.45. The van der Waals surface area contributed by atoms with E-state index in [1.807, 2.05) is 0 Å². The second kappa shape index (κ2) is 31.7. The van der Waals surface area contributed by atoms with Gasteiger partial charge in [0.1, 0.15) is 6.10 Å². The van der Waals surface area contributed by atoms with Crippen molar-refractivity contribution in [3.05, 3.63) is 0 Å². The van der Waals surface area contributed by atoms with Crippen LogP contribution in [-0.4, -0.2) is 12.1 Å². The smallest absolute Gasteiger partial charge is 0.306 e. The van der Waals surface area contributed by atoms with E-state index < -0.39 is 0 Å². The SMILES string of the molecule is CCCCCCCCCCCCCC(=O)OC(CCCCCCCC)CCCCCCCCCCCC. The fourth-order valence-electron chi connectivity index (χ4n) is 5.45. The Hall–Kier alpha value is -0.530. The summed E-state index contributed by atoms with van der Waals surface area (Å²) in [6.45, 7) is 6.84. The zero-order valence-corrected chi connectivity index (χ0v) is 26.1. The number of esters is 1. The second-order valence-corrected chi connectivity index (χ2v) is 11.9. The molecule has 0 aliphatic heterocycles. The average Bonchev–Trinajstić information content (AvgIpc) is 2.90. The Morgan fingerprint density at radius 2 is 0.676 bits per heavy atom. The lowest BCUT2D eigenvalue weighted by Crippen LogP contribution is -2.18. The molecule has 0 aromatic rings. The van der Waals surface area contributed by atoms with E-state index in [1.165, 1.54) is 167 Å². The van der Waals surface area contributed by atoms with Crippen LogP contribution in [0.4, 0.5) is 0 Å². The Kier molecular flexibility index (Phi) is 31.2. The van der Waals surface area contributed by atoms with E-state index in [1.54, 1.807) is 0 Å². The van der Waals surface area contributed by atoms with Crippen molar-refractivity contribution in [1.29, 1.82) is 0 Å². The van der Waals surface area contributed by atoms with E-state index in [0.717, 1.165) is 19.3 Å². The fraction of sp³-hybridized carbons (Fsp3) is 0.971. The molecule has 0 saturated carbocycles. The molecule has 2 heteroatoms. The minimum absolute atomic E-state index is 0.0685. The lowest BCUT2D eigenvalue weighted by atomic mass is 10.0. The summed E-state index contributed by atoms with van der Waals surface area (Å²) in [6.07, 6.45) is 39.0. The van der Waals surface area contributed by atoms with Crippen molar-refractivity contribution in [2.45, 2.75) is 219 Å². The highest BCUT2D eigenvalue weighted by atomic mass is 16.5. The highest BCUT2D eigenvalue weighted by Gasteiger charge is 2.14. The first-order valence-corrected chi connectivity index (χ1v) is 17.4. The van der Waals surface area contributed by atoms with Crippen molar-refractivity contribution in [2.24, 2.45) is 0 Å². The van der Waals surface area contributed by atoms with Gasteiger partial charge in [0.2, 0.25) is 0 Å². The molecule has 0 aliphatic rings. The summed E-state index contributed by atoms with van der Waals surface area (Å²) in [5.41, 5.74) is 0. The van der Waals surface area contributed by atoms with Gasteiger partial charge in [-0.25, -0.2) is 0 Å². The quantitative estimate of drug-likeness (QED) is 0.0668. The highest BCUT2D eigenvalue weighted by Crippen LogP contribution is 2.19. The maximum absolute atomic E-state index is 12.5. The topological polar surface area (TPSA) is 26.3 Å². The normalized spacial score (nSPS) is 12.2. The molecule has 0 heterocycles. The molecule has 0 aliphatic carbocycles. The molecule has 1 unspecified atom stereocenters. The van der Waals surface area contributed by atoms with E-state index in [2.05, 4.69) is 20.8 Å². The zero-order valence-electron chi connectivity index (χ0n) is 26.1. The van der Waals surface area contributed by atoms with Gasteiger partial charge in [-0.05, 0) is 32.1 Å². The van der Waals surface area contributed by atoms with Gasteiger partial charge in [0.25, 0.3) is 0 Å². The summed E-state index contributed by atoms with van der Waals surface area (Å²) >= 11 is 0. The Bertz CT molecular complexity index is 433. The van der Waals surface area contributed by atoms with Gasteiger partial charge in [-0.1, -0.05) is 175 Å². The molecule has 0 aromatic heterocycles. The molecular formula is C35H70O2. The second-order valence-electron chi connectivity index (χ2n) is 11.9. The lowest BCUT2D eigenvalue weighted by Gasteiger charge is -2.18. The standard InChI is InChI=1S/C35H70O2/c1-4-7-10-13-16-18-20-22-24-27-30-33-35(36)37-34(31-28-25-15-12-9-6-3)32-29-26-23-21-19-17-14-11-8-5-2/h34H,4-33H2,1-3H3. The molecule has 0 amide bonds. The Balaban J connectivity index is 3.94. The molecule has 0 spiro atoms. The van der Waals surface area contributed by atoms with Crippen LogP contribution in [0.15, 0.2) is 0 Å². The molecule has 0 saturated heterocycles. The number of hydrogen-bond donors (Lipinski definition) is 0. The van der Waals surface area contributed by atoms with Crippen molar-refractivity contribution >= 4 is 5.97 Å². The average molecular weight is 523 g/mol. The van der Waals surface area contributed by atoms with Crippen LogP contribution in [0.2, 0.25) is 0 Å². The first kappa shape index (κ1) is 36.5. The molecule has 37 heavy (non-hydrogen) atoms. The first-order valence-electron chi connectivity index (χ1n) is 17.4. The van der Waals surface area contributed by atoms with Crippen LogP contribution >= 0.6 is 0 Å². The Morgan fingerprint density at radius 1 is 0.405 bits per heavy atom. The van der Waals surface area contributed by atoms with Crippen LogP contribution in [0.25, 0.3) is 0 Å². The van der Waals surface area contributed by atoms with Gasteiger partial charge in [-0.15, -0.1) is 0 Å². The number of hydrogen-bond acceptors (Lipinski definition) is 2. The molecular weight excluding hydrogens is 452 g/mol. The van der Waals surface area contributed by atoms with Crippen LogP contribution in [0.3, 0.4) is 0 Å². The summed E-state index contributed by atoms with van der Waals surface area (Å²) in [5.74, 6) is 0.0685. The van der Waals surface area contributed by atoms with E-state index in [4.69, 9.17) is 4.74 Å². The van der Waals surface area contributed by atoms with Crippen molar-refractivity contribution < 1.29 is 9.53 Å². The predicted octanol–water partition coefficient (Wildman–Crippen LogP) is 12.7. The number of rotatable bonds is 31. The van der Waals surface area contributed by atoms with Gasteiger partial charge in [-0.2, -0.15) is 0 Å². The zero-order chi connectivity index (χ0) is 27.1. The molecule has 0 bridgehead atoms. The third-order valence-corrected chi connectivity index (χ3v) is 8.04. The van der Waals surface area contributed by atoms with Crippen LogP contribution in [-0.2, 0) is 9.53 Å². The van der Waals surface area contributed by atoms with E-state index in [0.29, 0.717) is 6.42 Å². The highest BCUT2D eigenvalue weighted by molar-refractivity contribution is 5.69. The number of carbonyl (C=O) groups is 1. The van der Waals surface area contributed by atoms with Crippen molar-refractivity contribution in [1.82, 2.24) is 0 Å². The largest absolute Gasteiger partial charge is 0.462 e. The van der Waals surface area contributed by atoms with Crippen LogP contribution in [0.1, 0.15) is 213 Å². The van der Waals surface area contributed by atoms with Gasteiger partial charge in [0.15, 0.2) is 0 Å². The van der Waals surface area contributed by atoms with Crippen molar-refractivity contribution in [3.8, 4) is 0 Å². The predicted molar refractivity (Wildman–Crippen MR) is 165 cm³/mol. The molecule has 0 fully saturated rings. The molecule has 1 atom stereocenters. The molecule has 0 aromatic carbocycles. The molecule has 0 rings (SSSR count). The molecule has 222 valence electrons. The van der Waals surface area contributed by atoms with Gasteiger partial charge in [0.05, 0.1) is 0 Å². The van der Waals surface area contributed by atoms with Crippen molar-refractivity contribution in [3.63, 3.8) is 0 Å². The Labute approximate surface area is 234 Å². The molecule has 2 nitrogen and oxygen atoms in total. The van der Waals surface area contributed by atoms with E-state index in [-0.39, 0.29) is 12.1 Å². The third-order valence-electron chi connectivity index (χ3n) is 8.04. The van der Waals surface area contributed by atoms with E-state index in [9.17, 15) is 4.79 Å². The molecule has 0 N–H and O–H groups in total. The summed E-state index contributed by atoms with van der Waals surface area (Å²) in [7, 11) is 0. The van der Waals surface area contributed by atoms with Gasteiger partial charge >= 0.3 is 5.97 Å². The summed E-state index contributed by atoms with van der Waals surface area (Å²) in [5, 5.41) is 0. The van der Waals surface area contributed by atoms with Gasteiger partial charge < -0.3 is 4.74 Å². The van der Waals surface area contributed by atoms with E-state index >= 15 is 0 Å². The van der Waals surface area contributed by atoms with Crippen LogP contribution in [0.5, 0.6) is 0 Å². The third kappa shape index (κ3) is 29.9. The summed E-state index contributed by atoms with van der Waals surface area (Å²) < 4.78 is 6.01. The van der Waals surface area contributed by atoms with Gasteiger partial charge in [-0.3, -0.25) is 4.79 Å². The number of unbranched alkanes of at least 4 members (excludes halogenated alkanes) is 24. The summed E-state index contributed by atoms with van der Waals surface area (Å²) in [4.78, 5) is 12.5.